The third-order valence-corrected chi connectivity index (χ3v) is 10.3. The highest BCUT2D eigenvalue weighted by Gasteiger charge is 2.30. The number of piperidine rings is 1. The number of fused-ring (bicyclic) bond motifs is 1. The molecule has 2 aliphatic heterocycles. The third-order valence-electron chi connectivity index (χ3n) is 8.37. The zero-order chi connectivity index (χ0) is 30.1. The number of aromatic nitrogens is 5. The van der Waals surface area contributed by atoms with Crippen molar-refractivity contribution in [1.29, 1.82) is 5.26 Å². The molecule has 5 aromatic rings. The lowest BCUT2D eigenvalue weighted by Crippen LogP contribution is -2.39. The molecule has 1 aromatic carbocycles. The van der Waals surface area contributed by atoms with Crippen LogP contribution < -0.4 is 4.74 Å². The number of aromatic amines is 1. The second-order valence-corrected chi connectivity index (χ2v) is 13.0. The minimum Gasteiger partial charge on any atom is -0.473 e. The lowest BCUT2D eigenvalue weighted by atomic mass is 10.0. The summed E-state index contributed by atoms with van der Waals surface area (Å²) in [6.45, 7) is 2.17. The third kappa shape index (κ3) is 5.45. The number of nitriles is 1. The van der Waals surface area contributed by atoms with Gasteiger partial charge in [0.15, 0.2) is 0 Å². The number of ether oxygens (including phenoxy) is 2. The van der Waals surface area contributed by atoms with Crippen molar-refractivity contribution in [3.8, 4) is 34.2 Å². The summed E-state index contributed by atoms with van der Waals surface area (Å²) in [5.41, 5.74) is 4.61. The summed E-state index contributed by atoms with van der Waals surface area (Å²) in [6.07, 6.45) is 12.1. The van der Waals surface area contributed by atoms with E-state index in [1.54, 1.807) is 40.8 Å². The van der Waals surface area contributed by atoms with Crippen LogP contribution in [0.15, 0.2) is 78.3 Å². The molecule has 7 rings (SSSR count). The van der Waals surface area contributed by atoms with Crippen LogP contribution in [0, 0.1) is 11.3 Å². The number of hydrogen-bond acceptors (Lipinski definition) is 8. The molecule has 0 saturated carbocycles. The maximum Gasteiger partial charge on any atom is 0.243 e. The van der Waals surface area contributed by atoms with E-state index >= 15 is 0 Å². The molecule has 44 heavy (non-hydrogen) atoms. The Morgan fingerprint density at radius 1 is 0.955 bits per heavy atom. The molecule has 12 heteroatoms. The van der Waals surface area contributed by atoms with Gasteiger partial charge in [-0.3, -0.25) is 4.68 Å². The fourth-order valence-electron chi connectivity index (χ4n) is 5.90. The van der Waals surface area contributed by atoms with Crippen molar-refractivity contribution >= 4 is 21.1 Å². The van der Waals surface area contributed by atoms with E-state index in [-0.39, 0.29) is 12.1 Å². The lowest BCUT2D eigenvalue weighted by molar-refractivity contribution is 0.0236. The van der Waals surface area contributed by atoms with Gasteiger partial charge >= 0.3 is 0 Å². The van der Waals surface area contributed by atoms with Gasteiger partial charge in [-0.15, -0.1) is 0 Å². The second kappa shape index (κ2) is 11.8. The summed E-state index contributed by atoms with van der Waals surface area (Å²) in [6, 6.07) is 14.8. The molecule has 6 heterocycles. The Bertz CT molecular complexity index is 1930. The summed E-state index contributed by atoms with van der Waals surface area (Å²) in [4.78, 5) is 12.7. The number of pyridine rings is 2. The van der Waals surface area contributed by atoms with Gasteiger partial charge in [0.05, 0.1) is 30.3 Å². The highest BCUT2D eigenvalue weighted by molar-refractivity contribution is 7.89. The maximum absolute atomic E-state index is 13.0. The molecule has 0 spiro atoms. The zero-order valence-electron chi connectivity index (χ0n) is 24.0. The Hall–Kier alpha value is -4.57. The smallest absolute Gasteiger partial charge is 0.243 e. The van der Waals surface area contributed by atoms with E-state index in [1.807, 2.05) is 35.5 Å². The molecule has 0 aliphatic carbocycles. The second-order valence-electron chi connectivity index (χ2n) is 11.1. The first-order valence-electron chi connectivity index (χ1n) is 14.7. The quantitative estimate of drug-likeness (QED) is 0.274. The predicted molar refractivity (Wildman–Crippen MR) is 163 cm³/mol. The lowest BCUT2D eigenvalue weighted by Gasteiger charge is -2.31. The van der Waals surface area contributed by atoms with Crippen LogP contribution in [0.5, 0.6) is 5.88 Å². The molecule has 0 radical (unpaired) electrons. The molecule has 0 bridgehead atoms. The minimum absolute atomic E-state index is 0.00941. The molecule has 4 aromatic heterocycles. The number of sulfonamides is 1. The first-order chi connectivity index (χ1) is 21.5. The van der Waals surface area contributed by atoms with Gasteiger partial charge in [0, 0.05) is 78.4 Å². The fraction of sp³-hybridized carbons (Fsp3) is 0.312. The zero-order valence-corrected chi connectivity index (χ0v) is 24.8. The average molecular weight is 610 g/mol. The van der Waals surface area contributed by atoms with Crippen LogP contribution in [-0.2, 0) is 14.8 Å². The molecular formula is C32H31N7O4S. The molecule has 2 fully saturated rings. The van der Waals surface area contributed by atoms with E-state index in [9.17, 15) is 13.7 Å². The average Bonchev–Trinajstić information content (AvgIpc) is 3.74. The number of H-pyrrole nitrogens is 1. The first-order valence-corrected chi connectivity index (χ1v) is 16.2. The number of nitrogens with zero attached hydrogens (tertiary/aromatic N) is 6. The number of rotatable bonds is 7. The van der Waals surface area contributed by atoms with Gasteiger partial charge in [0.1, 0.15) is 23.4 Å². The van der Waals surface area contributed by atoms with Crippen molar-refractivity contribution in [2.24, 2.45) is 0 Å². The van der Waals surface area contributed by atoms with Crippen molar-refractivity contribution in [2.45, 2.75) is 42.7 Å². The van der Waals surface area contributed by atoms with Crippen LogP contribution in [0.1, 0.15) is 37.3 Å². The van der Waals surface area contributed by atoms with Crippen LogP contribution in [0.2, 0.25) is 0 Å². The van der Waals surface area contributed by atoms with Crippen molar-refractivity contribution in [1.82, 2.24) is 29.0 Å². The largest absolute Gasteiger partial charge is 0.473 e. The standard InChI is InChI=1S/C32H31N7O4S/c33-16-22-14-24(18-36-32(22)43-27-8-12-42-13-9-27)30-20-35-31-29(30)15-23(17-34-31)25-19-37-39(21-25)26-6-10-38(11-7-26)44(40,41)28-4-2-1-3-5-28/h1-5,14-15,17-21,26-27H,6-13H2,(H,34,35). The Kier molecular flexibility index (Phi) is 7.59. The van der Waals surface area contributed by atoms with Crippen LogP contribution in [0.3, 0.4) is 0 Å². The Morgan fingerprint density at radius 3 is 2.50 bits per heavy atom. The topological polar surface area (TPSA) is 139 Å². The molecule has 1 N–H and O–H groups in total. The summed E-state index contributed by atoms with van der Waals surface area (Å²) >= 11 is 0. The van der Waals surface area contributed by atoms with E-state index < -0.39 is 10.0 Å². The molecule has 0 amide bonds. The molecule has 2 saturated heterocycles. The summed E-state index contributed by atoms with van der Waals surface area (Å²) in [5.74, 6) is 0.345. The van der Waals surface area contributed by atoms with E-state index in [2.05, 4.69) is 32.2 Å². The van der Waals surface area contributed by atoms with E-state index in [0.717, 1.165) is 46.1 Å². The predicted octanol–water partition coefficient (Wildman–Crippen LogP) is 4.94. The van der Waals surface area contributed by atoms with Gasteiger partial charge in [-0.05, 0) is 37.1 Å². The van der Waals surface area contributed by atoms with Crippen LogP contribution in [0.4, 0.5) is 0 Å². The maximum atomic E-state index is 13.0. The Balaban J connectivity index is 1.09. The number of hydrogen-bond donors (Lipinski definition) is 1. The van der Waals surface area contributed by atoms with Crippen molar-refractivity contribution in [3.05, 3.63) is 79.0 Å². The Labute approximate surface area is 255 Å². The van der Waals surface area contributed by atoms with Gasteiger partial charge in [0.25, 0.3) is 0 Å². The monoisotopic (exact) mass is 609 g/mol. The summed E-state index contributed by atoms with van der Waals surface area (Å²) in [5, 5.41) is 15.4. The Morgan fingerprint density at radius 2 is 1.73 bits per heavy atom. The number of benzene rings is 1. The summed E-state index contributed by atoms with van der Waals surface area (Å²) < 4.78 is 41.0. The number of nitrogens with one attached hydrogen (secondary N) is 1. The van der Waals surface area contributed by atoms with Gasteiger partial charge in [0.2, 0.25) is 15.9 Å². The van der Waals surface area contributed by atoms with Crippen molar-refractivity contribution < 1.29 is 17.9 Å². The van der Waals surface area contributed by atoms with Crippen LogP contribution in [0.25, 0.3) is 33.3 Å². The van der Waals surface area contributed by atoms with Crippen molar-refractivity contribution in [3.63, 3.8) is 0 Å². The normalized spacial score (nSPS) is 17.1. The minimum atomic E-state index is -3.50. The van der Waals surface area contributed by atoms with Crippen LogP contribution >= 0.6 is 0 Å². The van der Waals surface area contributed by atoms with E-state index in [1.165, 1.54) is 0 Å². The van der Waals surface area contributed by atoms with Gasteiger partial charge in [-0.1, -0.05) is 18.2 Å². The molecule has 0 atom stereocenters. The fourth-order valence-corrected chi connectivity index (χ4v) is 7.39. The SMILES string of the molecule is N#Cc1cc(-c2c[nH]c3ncc(-c4cnn(C5CCN(S(=O)(=O)c6ccccc6)CC5)c4)cc23)cnc1OC1CCOCC1. The van der Waals surface area contributed by atoms with Gasteiger partial charge < -0.3 is 14.5 Å². The van der Waals surface area contributed by atoms with Gasteiger partial charge in [-0.25, -0.2) is 18.4 Å². The highest BCUT2D eigenvalue weighted by Crippen LogP contribution is 2.34. The molecule has 11 nitrogen and oxygen atoms in total. The molecular weight excluding hydrogens is 578 g/mol. The van der Waals surface area contributed by atoms with Crippen molar-refractivity contribution in [2.75, 3.05) is 26.3 Å². The van der Waals surface area contributed by atoms with E-state index in [0.29, 0.717) is 55.5 Å². The first kappa shape index (κ1) is 28.2. The van der Waals surface area contributed by atoms with Crippen LogP contribution in [-0.4, -0.2) is 69.9 Å². The molecule has 0 unspecified atom stereocenters. The summed E-state index contributed by atoms with van der Waals surface area (Å²) in [7, 11) is -3.50. The highest BCUT2D eigenvalue weighted by atomic mass is 32.2. The molecule has 224 valence electrons. The van der Waals surface area contributed by atoms with E-state index in [4.69, 9.17) is 9.47 Å². The molecule has 2 aliphatic rings. The van der Waals surface area contributed by atoms with Gasteiger partial charge in [-0.2, -0.15) is 14.7 Å².